The third-order valence-electron chi connectivity index (χ3n) is 3.26. The van der Waals surface area contributed by atoms with E-state index in [0.29, 0.717) is 21.8 Å². The second-order valence-corrected chi connectivity index (χ2v) is 5.17. The number of nitrogens with one attached hydrogen (secondary N) is 1. The summed E-state index contributed by atoms with van der Waals surface area (Å²) >= 11 is 5.77. The van der Waals surface area contributed by atoms with Crippen molar-refractivity contribution < 1.29 is 14.7 Å². The highest BCUT2D eigenvalue weighted by Gasteiger charge is 2.13. The molecule has 0 bridgehead atoms. The minimum atomic E-state index is -1.02. The van der Waals surface area contributed by atoms with Crippen molar-refractivity contribution in [1.82, 2.24) is 0 Å². The van der Waals surface area contributed by atoms with Gasteiger partial charge in [0.15, 0.2) is 0 Å². The average Bonchev–Trinajstić information content (AvgIpc) is 2.43. The Morgan fingerprint density at radius 2 is 1.71 bits per heavy atom. The summed E-state index contributed by atoms with van der Waals surface area (Å²) in [5.41, 5.74) is 2.58. The fourth-order valence-electron chi connectivity index (χ4n) is 1.96. The van der Waals surface area contributed by atoms with Gasteiger partial charge in [0.1, 0.15) is 0 Å². The zero-order valence-electron chi connectivity index (χ0n) is 11.6. The van der Waals surface area contributed by atoms with Crippen LogP contribution in [0.3, 0.4) is 0 Å². The van der Waals surface area contributed by atoms with Crippen LogP contribution in [0.25, 0.3) is 0 Å². The van der Waals surface area contributed by atoms with Crippen molar-refractivity contribution in [2.75, 3.05) is 5.32 Å². The van der Waals surface area contributed by atoms with Gasteiger partial charge in [-0.05, 0) is 61.4 Å². The second-order valence-electron chi connectivity index (χ2n) is 4.73. The zero-order valence-corrected chi connectivity index (χ0v) is 12.4. The highest BCUT2D eigenvalue weighted by molar-refractivity contribution is 6.30. The van der Waals surface area contributed by atoms with Crippen molar-refractivity contribution in [2.24, 2.45) is 0 Å². The first kappa shape index (κ1) is 15.1. The Morgan fingerprint density at radius 1 is 1.10 bits per heavy atom. The average molecular weight is 304 g/mol. The van der Waals surface area contributed by atoms with E-state index >= 15 is 0 Å². The number of carboxylic acids is 1. The largest absolute Gasteiger partial charge is 0.478 e. The van der Waals surface area contributed by atoms with Crippen molar-refractivity contribution in [2.45, 2.75) is 13.8 Å². The predicted octanol–water partition coefficient (Wildman–Crippen LogP) is 3.91. The number of hydrogen-bond donors (Lipinski definition) is 2. The minimum Gasteiger partial charge on any atom is -0.478 e. The number of amides is 1. The number of anilines is 1. The van der Waals surface area contributed by atoms with E-state index in [1.165, 1.54) is 6.07 Å². The first-order valence-corrected chi connectivity index (χ1v) is 6.67. The fourth-order valence-corrected chi connectivity index (χ4v) is 2.08. The minimum absolute atomic E-state index is 0.182. The predicted molar refractivity (Wildman–Crippen MR) is 82.3 cm³/mol. The lowest BCUT2D eigenvalue weighted by Crippen LogP contribution is -2.13. The van der Waals surface area contributed by atoms with E-state index < -0.39 is 5.97 Å². The summed E-state index contributed by atoms with van der Waals surface area (Å²) in [5, 5.41) is 12.4. The van der Waals surface area contributed by atoms with Crippen molar-refractivity contribution in [3.05, 3.63) is 63.7 Å². The van der Waals surface area contributed by atoms with Crippen molar-refractivity contribution in [1.29, 1.82) is 0 Å². The highest BCUT2D eigenvalue weighted by Crippen LogP contribution is 2.21. The van der Waals surface area contributed by atoms with Gasteiger partial charge >= 0.3 is 5.97 Å². The lowest BCUT2D eigenvalue weighted by molar-refractivity contribution is 0.0695. The molecule has 0 fully saturated rings. The van der Waals surface area contributed by atoms with Crippen LogP contribution in [0.15, 0.2) is 36.4 Å². The molecule has 0 aliphatic heterocycles. The van der Waals surface area contributed by atoms with Gasteiger partial charge in [0.2, 0.25) is 0 Å². The molecular formula is C16H14ClNO3. The maximum absolute atomic E-state index is 12.1. The fraction of sp³-hybridized carbons (Fsp3) is 0.125. The van der Waals surface area contributed by atoms with E-state index in [-0.39, 0.29) is 11.5 Å². The van der Waals surface area contributed by atoms with E-state index in [4.69, 9.17) is 16.7 Å². The van der Waals surface area contributed by atoms with Gasteiger partial charge < -0.3 is 10.4 Å². The summed E-state index contributed by atoms with van der Waals surface area (Å²) < 4.78 is 0. The Bertz CT molecular complexity index is 708. The maximum atomic E-state index is 12.1. The van der Waals surface area contributed by atoms with Crippen LogP contribution in [0.2, 0.25) is 5.02 Å². The Balaban J connectivity index is 2.29. The smallest absolute Gasteiger partial charge is 0.336 e. The normalized spacial score (nSPS) is 10.2. The van der Waals surface area contributed by atoms with Crippen molar-refractivity contribution in [3.63, 3.8) is 0 Å². The molecule has 2 aromatic carbocycles. The monoisotopic (exact) mass is 303 g/mol. The van der Waals surface area contributed by atoms with Gasteiger partial charge in [-0.3, -0.25) is 4.79 Å². The van der Waals surface area contributed by atoms with Crippen LogP contribution < -0.4 is 5.32 Å². The topological polar surface area (TPSA) is 66.4 Å². The molecule has 0 saturated heterocycles. The van der Waals surface area contributed by atoms with Crippen LogP contribution >= 0.6 is 11.6 Å². The van der Waals surface area contributed by atoms with Gasteiger partial charge in [0.05, 0.1) is 5.56 Å². The number of carboxylic acid groups (broad SMARTS) is 1. The third kappa shape index (κ3) is 3.41. The van der Waals surface area contributed by atoms with Crippen LogP contribution in [0.5, 0.6) is 0 Å². The van der Waals surface area contributed by atoms with Gasteiger partial charge in [-0.25, -0.2) is 4.79 Å². The zero-order chi connectivity index (χ0) is 15.6. The van der Waals surface area contributed by atoms with Gasteiger partial charge in [0.25, 0.3) is 5.91 Å². The molecule has 0 aliphatic carbocycles. The summed E-state index contributed by atoms with van der Waals surface area (Å²) in [6.07, 6.45) is 0. The number of halogens is 1. The Kier molecular flexibility index (Phi) is 4.29. The summed E-state index contributed by atoms with van der Waals surface area (Å²) in [7, 11) is 0. The van der Waals surface area contributed by atoms with Crippen LogP contribution in [0, 0.1) is 13.8 Å². The van der Waals surface area contributed by atoms with Gasteiger partial charge in [-0.1, -0.05) is 11.6 Å². The number of benzene rings is 2. The molecule has 0 spiro atoms. The lowest BCUT2D eigenvalue weighted by Gasteiger charge is -2.11. The molecule has 0 heterocycles. The molecule has 2 aromatic rings. The first-order chi connectivity index (χ1) is 9.88. The SMILES string of the molecule is Cc1cc(NC(=O)c2ccc(Cl)cc2)cc(C(=O)O)c1C. The first-order valence-electron chi connectivity index (χ1n) is 6.30. The number of carbonyl (C=O) groups excluding carboxylic acids is 1. The summed E-state index contributed by atoms with van der Waals surface area (Å²) in [5.74, 6) is -1.33. The van der Waals surface area contributed by atoms with Gasteiger partial charge in [-0.15, -0.1) is 0 Å². The summed E-state index contributed by atoms with van der Waals surface area (Å²) in [6.45, 7) is 3.54. The molecular weight excluding hydrogens is 290 g/mol. The molecule has 0 unspecified atom stereocenters. The van der Waals surface area contributed by atoms with E-state index in [0.717, 1.165) is 5.56 Å². The van der Waals surface area contributed by atoms with Crippen LogP contribution in [-0.2, 0) is 0 Å². The molecule has 4 nitrogen and oxygen atoms in total. The van der Waals surface area contributed by atoms with Gasteiger partial charge in [-0.2, -0.15) is 0 Å². The quantitative estimate of drug-likeness (QED) is 0.903. The molecule has 0 aromatic heterocycles. The Labute approximate surface area is 127 Å². The van der Waals surface area contributed by atoms with Crippen LogP contribution in [0.1, 0.15) is 31.8 Å². The van der Waals surface area contributed by atoms with Crippen LogP contribution in [0.4, 0.5) is 5.69 Å². The number of aryl methyl sites for hydroxylation is 1. The van der Waals surface area contributed by atoms with E-state index in [9.17, 15) is 9.59 Å². The standard InChI is InChI=1S/C16H14ClNO3/c1-9-7-13(8-14(10(9)2)16(20)21)18-15(19)11-3-5-12(17)6-4-11/h3-8H,1-2H3,(H,18,19)(H,20,21). The molecule has 1 amide bonds. The molecule has 0 aliphatic rings. The summed E-state index contributed by atoms with van der Waals surface area (Å²) in [6, 6.07) is 9.67. The number of hydrogen-bond acceptors (Lipinski definition) is 2. The molecule has 0 radical (unpaired) electrons. The summed E-state index contributed by atoms with van der Waals surface area (Å²) in [4.78, 5) is 23.3. The number of aromatic carboxylic acids is 1. The molecule has 2 N–H and O–H groups in total. The van der Waals surface area contributed by atoms with Crippen molar-refractivity contribution in [3.8, 4) is 0 Å². The van der Waals surface area contributed by atoms with Gasteiger partial charge in [0, 0.05) is 16.3 Å². The molecule has 5 heteroatoms. The molecule has 21 heavy (non-hydrogen) atoms. The van der Waals surface area contributed by atoms with Crippen molar-refractivity contribution >= 4 is 29.2 Å². The maximum Gasteiger partial charge on any atom is 0.336 e. The second kappa shape index (κ2) is 5.97. The number of carbonyl (C=O) groups is 2. The number of rotatable bonds is 3. The highest BCUT2D eigenvalue weighted by atomic mass is 35.5. The Morgan fingerprint density at radius 3 is 2.29 bits per heavy atom. The third-order valence-corrected chi connectivity index (χ3v) is 3.51. The van der Waals surface area contributed by atoms with E-state index in [1.807, 2.05) is 0 Å². The lowest BCUT2D eigenvalue weighted by atomic mass is 10.0. The van der Waals surface area contributed by atoms with Crippen LogP contribution in [-0.4, -0.2) is 17.0 Å². The molecule has 108 valence electrons. The van der Waals surface area contributed by atoms with E-state index in [2.05, 4.69) is 5.32 Å². The van der Waals surface area contributed by atoms with E-state index in [1.54, 1.807) is 44.2 Å². The Hall–Kier alpha value is -2.33. The molecule has 0 atom stereocenters. The molecule has 2 rings (SSSR count). The molecule has 0 saturated carbocycles.